The topological polar surface area (TPSA) is 21.7 Å². The summed E-state index contributed by atoms with van der Waals surface area (Å²) in [6.07, 6.45) is 5.85. The van der Waals surface area contributed by atoms with Gasteiger partial charge in [0.05, 0.1) is 6.10 Å². The predicted molar refractivity (Wildman–Crippen MR) is 80.2 cm³/mol. The van der Waals surface area contributed by atoms with Gasteiger partial charge < -0.3 is 9.47 Å². The number of methoxy groups -OCH3 is 1. The summed E-state index contributed by atoms with van der Waals surface area (Å²) in [4.78, 5) is 2.56. The van der Waals surface area contributed by atoms with E-state index in [1.165, 1.54) is 31.2 Å². The number of ether oxygens (including phenoxy) is 2. The van der Waals surface area contributed by atoms with Crippen LogP contribution in [0.1, 0.15) is 31.2 Å². The van der Waals surface area contributed by atoms with Crippen molar-refractivity contribution in [3.05, 3.63) is 29.8 Å². The minimum Gasteiger partial charge on any atom is -0.487 e. The van der Waals surface area contributed by atoms with Gasteiger partial charge in [-0.05, 0) is 44.2 Å². The molecule has 0 aromatic heterocycles. The highest BCUT2D eigenvalue weighted by Crippen LogP contribution is 2.29. The first kappa shape index (κ1) is 13.9. The van der Waals surface area contributed by atoms with Crippen molar-refractivity contribution in [2.45, 2.75) is 50.9 Å². The first-order valence-electron chi connectivity index (χ1n) is 7.75. The van der Waals surface area contributed by atoms with Gasteiger partial charge in [-0.25, -0.2) is 0 Å². The van der Waals surface area contributed by atoms with Crippen LogP contribution in [0.5, 0.6) is 5.75 Å². The summed E-state index contributed by atoms with van der Waals surface area (Å²) in [5.74, 6) is 1.04. The summed E-state index contributed by atoms with van der Waals surface area (Å²) in [6, 6.07) is 8.98. The normalized spacial score (nSPS) is 28.1. The number of hydrogen-bond acceptors (Lipinski definition) is 3. The number of nitrogens with zero attached hydrogens (tertiary/aromatic N) is 1. The molecule has 1 saturated heterocycles. The Labute approximate surface area is 121 Å². The van der Waals surface area contributed by atoms with E-state index in [0.29, 0.717) is 18.2 Å². The fraction of sp³-hybridized carbons (Fsp3) is 0.647. The molecule has 1 aliphatic heterocycles. The number of aryl methyl sites for hydroxylation is 1. The van der Waals surface area contributed by atoms with Gasteiger partial charge >= 0.3 is 0 Å². The second-order valence-electron chi connectivity index (χ2n) is 6.14. The van der Waals surface area contributed by atoms with Crippen molar-refractivity contribution in [1.82, 2.24) is 4.90 Å². The van der Waals surface area contributed by atoms with Gasteiger partial charge in [-0.3, -0.25) is 4.90 Å². The van der Waals surface area contributed by atoms with E-state index >= 15 is 0 Å². The van der Waals surface area contributed by atoms with Gasteiger partial charge in [0.15, 0.2) is 0 Å². The van der Waals surface area contributed by atoms with E-state index in [-0.39, 0.29) is 0 Å². The van der Waals surface area contributed by atoms with Crippen LogP contribution in [0, 0.1) is 6.92 Å². The maximum Gasteiger partial charge on any atom is 0.124 e. The Kier molecular flexibility index (Phi) is 4.27. The summed E-state index contributed by atoms with van der Waals surface area (Å²) in [5, 5.41) is 0. The average molecular weight is 275 g/mol. The number of hydrogen-bond donors (Lipinski definition) is 0. The molecule has 0 radical (unpaired) electrons. The smallest absolute Gasteiger partial charge is 0.124 e. The zero-order valence-corrected chi connectivity index (χ0v) is 12.5. The van der Waals surface area contributed by atoms with Crippen LogP contribution in [0.25, 0.3) is 0 Å². The second kappa shape index (κ2) is 6.15. The molecule has 1 aromatic rings. The molecular weight excluding hydrogens is 250 g/mol. The van der Waals surface area contributed by atoms with Crippen molar-refractivity contribution in [3.8, 4) is 5.75 Å². The number of para-hydroxylation sites is 1. The lowest BCUT2D eigenvalue weighted by atomic mass is 9.89. The summed E-state index contributed by atoms with van der Waals surface area (Å²) in [5.41, 5.74) is 1.23. The standard InChI is InChI=1S/C17H25NO2/c1-13-6-3-4-9-17(13)20-16-11-18(12-16)14-7-5-8-15(10-14)19-2/h3-4,6,9,14-16H,5,7-8,10-12H2,1-2H3. The molecule has 0 N–H and O–H groups in total. The Morgan fingerprint density at radius 3 is 2.65 bits per heavy atom. The molecule has 2 fully saturated rings. The molecule has 3 nitrogen and oxygen atoms in total. The Morgan fingerprint density at radius 1 is 1.10 bits per heavy atom. The van der Waals surface area contributed by atoms with Crippen LogP contribution in [0.2, 0.25) is 0 Å². The highest BCUT2D eigenvalue weighted by Gasteiger charge is 2.36. The fourth-order valence-corrected chi connectivity index (χ4v) is 3.38. The van der Waals surface area contributed by atoms with Crippen molar-refractivity contribution >= 4 is 0 Å². The molecule has 110 valence electrons. The molecule has 1 aliphatic carbocycles. The van der Waals surface area contributed by atoms with E-state index in [0.717, 1.165) is 18.8 Å². The summed E-state index contributed by atoms with van der Waals surface area (Å²) in [6.45, 7) is 4.24. The largest absolute Gasteiger partial charge is 0.487 e. The molecule has 1 aromatic carbocycles. The Hall–Kier alpha value is -1.06. The molecule has 2 aliphatic rings. The monoisotopic (exact) mass is 275 g/mol. The third-order valence-corrected chi connectivity index (χ3v) is 4.71. The van der Waals surface area contributed by atoms with Crippen LogP contribution in [0.4, 0.5) is 0 Å². The minimum absolute atomic E-state index is 0.360. The SMILES string of the molecule is COC1CCCC(N2CC(Oc3ccccc3C)C2)C1. The molecule has 0 amide bonds. The van der Waals surface area contributed by atoms with Crippen molar-refractivity contribution < 1.29 is 9.47 Å². The fourth-order valence-electron chi connectivity index (χ4n) is 3.38. The van der Waals surface area contributed by atoms with E-state index in [4.69, 9.17) is 9.47 Å². The Bertz CT molecular complexity index is 442. The van der Waals surface area contributed by atoms with E-state index < -0.39 is 0 Å². The van der Waals surface area contributed by atoms with Crippen LogP contribution in [-0.2, 0) is 4.74 Å². The molecule has 2 atom stereocenters. The van der Waals surface area contributed by atoms with E-state index in [2.05, 4.69) is 30.0 Å². The third-order valence-electron chi connectivity index (χ3n) is 4.71. The Balaban J connectivity index is 1.48. The quantitative estimate of drug-likeness (QED) is 0.843. The van der Waals surface area contributed by atoms with Crippen molar-refractivity contribution in [1.29, 1.82) is 0 Å². The first-order valence-corrected chi connectivity index (χ1v) is 7.75. The molecule has 0 spiro atoms. The zero-order chi connectivity index (χ0) is 13.9. The van der Waals surface area contributed by atoms with Crippen molar-refractivity contribution in [2.24, 2.45) is 0 Å². The molecule has 1 saturated carbocycles. The number of likely N-dealkylation sites (tertiary alicyclic amines) is 1. The lowest BCUT2D eigenvalue weighted by Crippen LogP contribution is -2.59. The van der Waals surface area contributed by atoms with Gasteiger partial charge in [0.25, 0.3) is 0 Å². The number of benzene rings is 1. The molecule has 0 bridgehead atoms. The summed E-state index contributed by atoms with van der Waals surface area (Å²) >= 11 is 0. The lowest BCUT2D eigenvalue weighted by Gasteiger charge is -2.46. The van der Waals surface area contributed by atoms with Gasteiger partial charge in [0.1, 0.15) is 11.9 Å². The van der Waals surface area contributed by atoms with Crippen LogP contribution < -0.4 is 4.74 Å². The molecule has 20 heavy (non-hydrogen) atoms. The van der Waals surface area contributed by atoms with Gasteiger partial charge in [-0.2, -0.15) is 0 Å². The second-order valence-corrected chi connectivity index (χ2v) is 6.14. The Morgan fingerprint density at radius 2 is 1.90 bits per heavy atom. The predicted octanol–water partition coefficient (Wildman–Crippen LogP) is 3.02. The van der Waals surface area contributed by atoms with Crippen molar-refractivity contribution in [2.75, 3.05) is 20.2 Å². The molecular formula is C17H25NO2. The lowest BCUT2D eigenvalue weighted by molar-refractivity contribution is -0.0437. The summed E-state index contributed by atoms with van der Waals surface area (Å²) < 4.78 is 11.6. The van der Waals surface area contributed by atoms with Gasteiger partial charge in [-0.1, -0.05) is 18.2 Å². The molecule has 3 heteroatoms. The van der Waals surface area contributed by atoms with Crippen molar-refractivity contribution in [3.63, 3.8) is 0 Å². The van der Waals surface area contributed by atoms with Gasteiger partial charge in [0.2, 0.25) is 0 Å². The average Bonchev–Trinajstić information content (AvgIpc) is 2.44. The third kappa shape index (κ3) is 2.99. The van der Waals surface area contributed by atoms with Crippen LogP contribution in [0.3, 0.4) is 0 Å². The zero-order valence-electron chi connectivity index (χ0n) is 12.5. The molecule has 2 unspecified atom stereocenters. The van der Waals surface area contributed by atoms with Crippen LogP contribution in [0.15, 0.2) is 24.3 Å². The highest BCUT2D eigenvalue weighted by molar-refractivity contribution is 5.32. The number of rotatable bonds is 4. The highest BCUT2D eigenvalue weighted by atomic mass is 16.5. The first-order chi connectivity index (χ1) is 9.76. The molecule has 3 rings (SSSR count). The van der Waals surface area contributed by atoms with Gasteiger partial charge in [-0.15, -0.1) is 0 Å². The summed E-state index contributed by atoms with van der Waals surface area (Å²) in [7, 11) is 1.84. The van der Waals surface area contributed by atoms with E-state index in [1.54, 1.807) is 0 Å². The van der Waals surface area contributed by atoms with E-state index in [1.807, 2.05) is 13.2 Å². The minimum atomic E-state index is 0.360. The maximum absolute atomic E-state index is 6.08. The van der Waals surface area contributed by atoms with E-state index in [9.17, 15) is 0 Å². The van der Waals surface area contributed by atoms with Crippen LogP contribution >= 0.6 is 0 Å². The maximum atomic E-state index is 6.08. The molecule has 1 heterocycles. The van der Waals surface area contributed by atoms with Gasteiger partial charge in [0, 0.05) is 26.2 Å². The van der Waals surface area contributed by atoms with Crippen LogP contribution in [-0.4, -0.2) is 43.3 Å².